The van der Waals surface area contributed by atoms with Gasteiger partial charge in [-0.3, -0.25) is 0 Å². The van der Waals surface area contributed by atoms with Gasteiger partial charge in [-0.2, -0.15) is 0 Å². The van der Waals surface area contributed by atoms with Gasteiger partial charge >= 0.3 is 0 Å². The van der Waals surface area contributed by atoms with Gasteiger partial charge in [0.15, 0.2) is 0 Å². The number of ether oxygens (including phenoxy) is 1. The Labute approximate surface area is 117 Å². The molecule has 0 fully saturated rings. The lowest BCUT2D eigenvalue weighted by molar-refractivity contribution is 0.347. The van der Waals surface area contributed by atoms with Crippen LogP contribution in [-0.4, -0.2) is 38.7 Å². The van der Waals surface area contributed by atoms with E-state index in [1.165, 1.54) is 11.1 Å². The summed E-state index contributed by atoms with van der Waals surface area (Å²) in [5, 5.41) is 0. The molecule has 19 heavy (non-hydrogen) atoms. The molecule has 0 heterocycles. The van der Waals surface area contributed by atoms with E-state index in [0.717, 1.165) is 25.3 Å². The number of benzene rings is 1. The first-order valence-electron chi connectivity index (χ1n) is 6.94. The summed E-state index contributed by atoms with van der Waals surface area (Å²) in [7, 11) is 3.85. The molecule has 2 N–H and O–H groups in total. The van der Waals surface area contributed by atoms with Gasteiger partial charge in [0.1, 0.15) is 5.75 Å². The number of methoxy groups -OCH3 is 1. The Hall–Kier alpha value is -1.06. The fourth-order valence-electron chi connectivity index (χ4n) is 2.15. The van der Waals surface area contributed by atoms with Crippen LogP contribution in [0.3, 0.4) is 0 Å². The number of nitrogens with two attached hydrogens (primary N) is 1. The Balaban J connectivity index is 2.81. The molecular formula is C16H28N2O. The maximum Gasteiger partial charge on any atom is 0.122 e. The van der Waals surface area contributed by atoms with Crippen LogP contribution in [0.15, 0.2) is 18.2 Å². The van der Waals surface area contributed by atoms with Crippen LogP contribution in [0.5, 0.6) is 5.75 Å². The minimum Gasteiger partial charge on any atom is -0.496 e. The lowest BCUT2D eigenvalue weighted by Crippen LogP contribution is -2.27. The first-order valence-corrected chi connectivity index (χ1v) is 6.94. The van der Waals surface area contributed by atoms with Crippen LogP contribution >= 0.6 is 0 Å². The Bertz CT molecular complexity index is 396. The van der Waals surface area contributed by atoms with Gasteiger partial charge in [0.2, 0.25) is 0 Å². The van der Waals surface area contributed by atoms with Crippen molar-refractivity contribution >= 4 is 0 Å². The van der Waals surface area contributed by atoms with Gasteiger partial charge in [0, 0.05) is 19.6 Å². The zero-order valence-electron chi connectivity index (χ0n) is 13.0. The maximum atomic E-state index is 5.56. The topological polar surface area (TPSA) is 38.5 Å². The second-order valence-corrected chi connectivity index (χ2v) is 6.13. The summed E-state index contributed by atoms with van der Waals surface area (Å²) in [6, 6.07) is 6.51. The Kier molecular flexibility index (Phi) is 5.83. The van der Waals surface area contributed by atoms with E-state index in [0.29, 0.717) is 6.54 Å². The molecular weight excluding hydrogens is 236 g/mol. The van der Waals surface area contributed by atoms with Crippen molar-refractivity contribution < 1.29 is 4.74 Å². The van der Waals surface area contributed by atoms with E-state index < -0.39 is 0 Å². The highest BCUT2D eigenvalue weighted by molar-refractivity contribution is 5.41. The van der Waals surface area contributed by atoms with E-state index in [1.54, 1.807) is 7.11 Å². The van der Waals surface area contributed by atoms with Crippen molar-refractivity contribution in [2.24, 2.45) is 5.73 Å². The highest BCUT2D eigenvalue weighted by atomic mass is 16.5. The van der Waals surface area contributed by atoms with Gasteiger partial charge in [-0.05, 0) is 36.1 Å². The molecule has 0 radical (unpaired) electrons. The summed E-state index contributed by atoms with van der Waals surface area (Å²) in [5.41, 5.74) is 8.29. The SMILES string of the molecule is COc1ccc(CCN(C)CCN)cc1C(C)(C)C. The molecule has 0 amide bonds. The third kappa shape index (κ3) is 4.84. The monoisotopic (exact) mass is 264 g/mol. The standard InChI is InChI=1S/C16H28N2O/c1-16(2,3)14-12-13(6-7-15(14)19-5)8-10-18(4)11-9-17/h6-7,12H,8-11,17H2,1-5H3. The maximum absolute atomic E-state index is 5.56. The van der Waals surface area contributed by atoms with Crippen LogP contribution in [0.4, 0.5) is 0 Å². The average molecular weight is 264 g/mol. The molecule has 0 saturated heterocycles. The van der Waals surface area contributed by atoms with Gasteiger partial charge in [0.05, 0.1) is 7.11 Å². The van der Waals surface area contributed by atoms with Gasteiger partial charge in [-0.1, -0.05) is 32.9 Å². The predicted molar refractivity (Wildman–Crippen MR) is 81.9 cm³/mol. The van der Waals surface area contributed by atoms with E-state index in [1.807, 2.05) is 0 Å². The van der Waals surface area contributed by atoms with Crippen molar-refractivity contribution in [2.45, 2.75) is 32.6 Å². The molecule has 3 heteroatoms. The first-order chi connectivity index (χ1) is 8.88. The smallest absolute Gasteiger partial charge is 0.122 e. The Morgan fingerprint density at radius 3 is 2.42 bits per heavy atom. The summed E-state index contributed by atoms with van der Waals surface area (Å²) in [5.74, 6) is 0.978. The number of likely N-dealkylation sites (N-methyl/N-ethyl adjacent to an activating group) is 1. The quantitative estimate of drug-likeness (QED) is 0.857. The summed E-state index contributed by atoms with van der Waals surface area (Å²) >= 11 is 0. The molecule has 0 spiro atoms. The van der Waals surface area contributed by atoms with E-state index in [9.17, 15) is 0 Å². The van der Waals surface area contributed by atoms with Gasteiger partial charge in [0.25, 0.3) is 0 Å². The molecule has 0 atom stereocenters. The molecule has 0 aromatic heterocycles. The van der Waals surface area contributed by atoms with Crippen LogP contribution in [0, 0.1) is 0 Å². The van der Waals surface area contributed by atoms with Crippen molar-refractivity contribution in [2.75, 3.05) is 33.8 Å². The minimum atomic E-state index is 0.102. The molecule has 0 saturated carbocycles. The zero-order valence-corrected chi connectivity index (χ0v) is 13.0. The largest absolute Gasteiger partial charge is 0.496 e. The van der Waals surface area contributed by atoms with Crippen molar-refractivity contribution in [3.63, 3.8) is 0 Å². The van der Waals surface area contributed by atoms with Gasteiger partial charge in [-0.25, -0.2) is 0 Å². The first kappa shape index (κ1) is 16.0. The van der Waals surface area contributed by atoms with Crippen molar-refractivity contribution in [3.05, 3.63) is 29.3 Å². The molecule has 3 nitrogen and oxygen atoms in total. The fourth-order valence-corrected chi connectivity index (χ4v) is 2.15. The molecule has 0 unspecified atom stereocenters. The third-order valence-electron chi connectivity index (χ3n) is 3.36. The predicted octanol–water partition coefficient (Wildman–Crippen LogP) is 2.43. The Morgan fingerprint density at radius 1 is 1.21 bits per heavy atom. The molecule has 0 aliphatic heterocycles. The van der Waals surface area contributed by atoms with Crippen molar-refractivity contribution in [1.29, 1.82) is 0 Å². The van der Waals surface area contributed by atoms with Crippen LogP contribution in [0.2, 0.25) is 0 Å². The summed E-state index contributed by atoms with van der Waals surface area (Å²) < 4.78 is 5.46. The van der Waals surface area contributed by atoms with Crippen LogP contribution in [0.25, 0.3) is 0 Å². The number of rotatable bonds is 6. The molecule has 0 aliphatic rings. The normalized spacial score (nSPS) is 11.9. The molecule has 108 valence electrons. The summed E-state index contributed by atoms with van der Waals surface area (Å²) in [6.07, 6.45) is 1.05. The van der Waals surface area contributed by atoms with E-state index >= 15 is 0 Å². The lowest BCUT2D eigenvalue weighted by atomic mass is 9.85. The van der Waals surface area contributed by atoms with Crippen molar-refractivity contribution in [1.82, 2.24) is 4.90 Å². The molecule has 1 rings (SSSR count). The van der Waals surface area contributed by atoms with Crippen molar-refractivity contribution in [3.8, 4) is 5.75 Å². The molecule has 0 aliphatic carbocycles. The number of hydrogen-bond acceptors (Lipinski definition) is 3. The van der Waals surface area contributed by atoms with E-state index in [2.05, 4.69) is 50.9 Å². The molecule has 1 aromatic carbocycles. The highest BCUT2D eigenvalue weighted by Crippen LogP contribution is 2.32. The van der Waals surface area contributed by atoms with E-state index in [-0.39, 0.29) is 5.41 Å². The second kappa shape index (κ2) is 6.92. The van der Waals surface area contributed by atoms with Gasteiger partial charge < -0.3 is 15.4 Å². The third-order valence-corrected chi connectivity index (χ3v) is 3.36. The van der Waals surface area contributed by atoms with Gasteiger partial charge in [-0.15, -0.1) is 0 Å². The van der Waals surface area contributed by atoms with Crippen LogP contribution in [-0.2, 0) is 11.8 Å². The molecule has 1 aromatic rings. The second-order valence-electron chi connectivity index (χ2n) is 6.13. The summed E-state index contributed by atoms with van der Waals surface area (Å²) in [6.45, 7) is 9.35. The Morgan fingerprint density at radius 2 is 1.89 bits per heavy atom. The zero-order chi connectivity index (χ0) is 14.5. The summed E-state index contributed by atoms with van der Waals surface area (Å²) in [4.78, 5) is 2.26. The minimum absolute atomic E-state index is 0.102. The lowest BCUT2D eigenvalue weighted by Gasteiger charge is -2.23. The number of hydrogen-bond donors (Lipinski definition) is 1. The average Bonchev–Trinajstić information content (AvgIpc) is 2.35. The van der Waals surface area contributed by atoms with Crippen LogP contribution < -0.4 is 10.5 Å². The molecule has 0 bridgehead atoms. The number of nitrogens with zero attached hydrogens (tertiary/aromatic N) is 1. The van der Waals surface area contributed by atoms with Crippen LogP contribution in [0.1, 0.15) is 31.9 Å². The fraction of sp³-hybridized carbons (Fsp3) is 0.625. The van der Waals surface area contributed by atoms with E-state index in [4.69, 9.17) is 10.5 Å². The highest BCUT2D eigenvalue weighted by Gasteiger charge is 2.19.